The average molecular weight is 230 g/mol. The molecule has 1 saturated heterocycles. The molecule has 1 amide bonds. The Hall–Kier alpha value is -2.09. The van der Waals surface area contributed by atoms with Crippen LogP contribution in [-0.4, -0.2) is 42.5 Å². The van der Waals surface area contributed by atoms with Crippen molar-refractivity contribution in [1.82, 2.24) is 9.88 Å². The Bertz CT molecular complexity index is 458. The van der Waals surface area contributed by atoms with Crippen LogP contribution in [0.4, 0.5) is 5.82 Å². The number of rotatable bonds is 2. The van der Waals surface area contributed by atoms with Gasteiger partial charge >= 0.3 is 0 Å². The Kier molecular flexibility index (Phi) is 3.24. The third-order valence-corrected chi connectivity index (χ3v) is 2.94. The van der Waals surface area contributed by atoms with Crippen molar-refractivity contribution in [3.8, 4) is 6.07 Å². The third-order valence-electron chi connectivity index (χ3n) is 2.94. The summed E-state index contributed by atoms with van der Waals surface area (Å²) in [5, 5.41) is 8.78. The van der Waals surface area contributed by atoms with Crippen molar-refractivity contribution in [2.24, 2.45) is 0 Å². The van der Waals surface area contributed by atoms with Crippen LogP contribution in [0.3, 0.4) is 0 Å². The van der Waals surface area contributed by atoms with Crippen LogP contribution in [0.1, 0.15) is 11.1 Å². The largest absolute Gasteiger partial charge is 0.353 e. The smallest absolute Gasteiger partial charge is 0.209 e. The molecule has 0 bridgehead atoms. The number of carbonyl (C=O) groups is 1. The zero-order valence-corrected chi connectivity index (χ0v) is 9.76. The van der Waals surface area contributed by atoms with Gasteiger partial charge < -0.3 is 9.80 Å². The van der Waals surface area contributed by atoms with Crippen LogP contribution in [0.25, 0.3) is 0 Å². The first-order valence-electron chi connectivity index (χ1n) is 5.55. The number of piperazine rings is 1. The molecule has 0 unspecified atom stereocenters. The van der Waals surface area contributed by atoms with Gasteiger partial charge in [0.2, 0.25) is 6.41 Å². The number of amides is 1. The first kappa shape index (κ1) is 11.4. The lowest BCUT2D eigenvalue weighted by Crippen LogP contribution is -2.46. The maximum atomic E-state index is 10.6. The van der Waals surface area contributed by atoms with Crippen molar-refractivity contribution in [3.63, 3.8) is 0 Å². The van der Waals surface area contributed by atoms with Crippen molar-refractivity contribution in [2.75, 3.05) is 31.1 Å². The van der Waals surface area contributed by atoms with Gasteiger partial charge in [0.15, 0.2) is 0 Å². The zero-order valence-electron chi connectivity index (χ0n) is 9.76. The molecule has 1 aliphatic rings. The van der Waals surface area contributed by atoms with E-state index in [0.29, 0.717) is 5.56 Å². The number of pyridine rings is 1. The standard InChI is InChI=1S/C12H14N4O/c1-10-6-11(7-13)8-14-12(10)16-4-2-15(9-17)3-5-16/h6,8-9H,2-5H2,1H3. The van der Waals surface area contributed by atoms with Crippen molar-refractivity contribution >= 4 is 12.2 Å². The van der Waals surface area contributed by atoms with Crippen molar-refractivity contribution in [3.05, 3.63) is 23.4 Å². The maximum absolute atomic E-state index is 10.6. The van der Waals surface area contributed by atoms with Gasteiger partial charge in [0, 0.05) is 32.4 Å². The second kappa shape index (κ2) is 4.83. The summed E-state index contributed by atoms with van der Waals surface area (Å²) in [6, 6.07) is 3.92. The van der Waals surface area contributed by atoms with Gasteiger partial charge in [0.1, 0.15) is 11.9 Å². The van der Waals surface area contributed by atoms with E-state index in [2.05, 4.69) is 16.0 Å². The molecule has 0 saturated carbocycles. The number of anilines is 1. The first-order valence-corrected chi connectivity index (χ1v) is 5.55. The predicted molar refractivity (Wildman–Crippen MR) is 63.5 cm³/mol. The van der Waals surface area contributed by atoms with Crippen LogP contribution < -0.4 is 4.90 Å². The summed E-state index contributed by atoms with van der Waals surface area (Å²) < 4.78 is 0. The first-order chi connectivity index (χ1) is 8.24. The highest BCUT2D eigenvalue weighted by atomic mass is 16.1. The normalized spacial score (nSPS) is 15.5. The fourth-order valence-electron chi connectivity index (χ4n) is 2.00. The molecule has 0 atom stereocenters. The fraction of sp³-hybridized carbons (Fsp3) is 0.417. The van der Waals surface area contributed by atoms with E-state index in [1.54, 1.807) is 11.1 Å². The maximum Gasteiger partial charge on any atom is 0.209 e. The van der Waals surface area contributed by atoms with E-state index in [1.165, 1.54) is 0 Å². The Labute approximate surface area is 100 Å². The van der Waals surface area contributed by atoms with Crippen LogP contribution >= 0.6 is 0 Å². The summed E-state index contributed by atoms with van der Waals surface area (Å²) in [6.07, 6.45) is 2.48. The van der Waals surface area contributed by atoms with E-state index >= 15 is 0 Å². The Morgan fingerprint density at radius 3 is 2.65 bits per heavy atom. The number of hydrogen-bond acceptors (Lipinski definition) is 4. The zero-order chi connectivity index (χ0) is 12.3. The Balaban J connectivity index is 2.14. The number of nitriles is 1. The summed E-state index contributed by atoms with van der Waals surface area (Å²) in [4.78, 5) is 18.8. The van der Waals surface area contributed by atoms with Crippen LogP contribution in [-0.2, 0) is 4.79 Å². The van der Waals surface area contributed by atoms with Crippen LogP contribution in [0.5, 0.6) is 0 Å². The Morgan fingerprint density at radius 2 is 2.12 bits per heavy atom. The van der Waals surface area contributed by atoms with Gasteiger partial charge in [0.25, 0.3) is 0 Å². The molecule has 1 aromatic rings. The van der Waals surface area contributed by atoms with E-state index < -0.39 is 0 Å². The lowest BCUT2D eigenvalue weighted by atomic mass is 10.2. The molecule has 1 aromatic heterocycles. The molecule has 1 fully saturated rings. The van der Waals surface area contributed by atoms with Crippen LogP contribution in [0.2, 0.25) is 0 Å². The summed E-state index contributed by atoms with van der Waals surface area (Å²) in [5.74, 6) is 0.912. The van der Waals surface area contributed by atoms with Gasteiger partial charge in [-0.1, -0.05) is 0 Å². The van der Waals surface area contributed by atoms with E-state index in [4.69, 9.17) is 5.26 Å². The van der Waals surface area contributed by atoms with Crippen LogP contribution in [0.15, 0.2) is 12.3 Å². The van der Waals surface area contributed by atoms with Crippen LogP contribution in [0, 0.1) is 18.3 Å². The summed E-state index contributed by atoms with van der Waals surface area (Å²) in [7, 11) is 0. The molecule has 17 heavy (non-hydrogen) atoms. The fourth-order valence-corrected chi connectivity index (χ4v) is 2.00. The molecule has 0 aliphatic carbocycles. The van der Waals surface area contributed by atoms with Gasteiger partial charge in [-0.2, -0.15) is 5.26 Å². The van der Waals surface area contributed by atoms with Gasteiger partial charge in [-0.25, -0.2) is 4.98 Å². The van der Waals surface area contributed by atoms with E-state index in [-0.39, 0.29) is 0 Å². The Morgan fingerprint density at radius 1 is 1.41 bits per heavy atom. The molecular formula is C12H14N4O. The predicted octanol–water partition coefficient (Wildman–Crippen LogP) is 0.540. The SMILES string of the molecule is Cc1cc(C#N)cnc1N1CCN(C=O)CC1. The van der Waals surface area contributed by atoms with E-state index in [0.717, 1.165) is 44.0 Å². The number of aryl methyl sites for hydroxylation is 1. The van der Waals surface area contributed by atoms with Gasteiger partial charge in [-0.05, 0) is 18.6 Å². The van der Waals surface area contributed by atoms with Crippen molar-refractivity contribution in [1.29, 1.82) is 5.26 Å². The highest BCUT2D eigenvalue weighted by Crippen LogP contribution is 2.18. The monoisotopic (exact) mass is 230 g/mol. The van der Waals surface area contributed by atoms with Crippen molar-refractivity contribution in [2.45, 2.75) is 6.92 Å². The summed E-state index contributed by atoms with van der Waals surface area (Å²) in [6.45, 7) is 4.99. The summed E-state index contributed by atoms with van der Waals surface area (Å²) >= 11 is 0. The molecule has 2 heterocycles. The summed E-state index contributed by atoms with van der Waals surface area (Å²) in [5.41, 5.74) is 1.58. The van der Waals surface area contributed by atoms with Gasteiger partial charge in [0.05, 0.1) is 5.56 Å². The minimum atomic E-state index is 0.581. The lowest BCUT2D eigenvalue weighted by Gasteiger charge is -2.34. The molecule has 0 radical (unpaired) electrons. The molecule has 5 nitrogen and oxygen atoms in total. The quantitative estimate of drug-likeness (QED) is 0.696. The number of hydrogen-bond donors (Lipinski definition) is 0. The van der Waals surface area contributed by atoms with Crippen molar-refractivity contribution < 1.29 is 4.79 Å². The van der Waals surface area contributed by atoms with E-state index in [9.17, 15) is 4.79 Å². The second-order valence-corrected chi connectivity index (χ2v) is 4.10. The molecule has 0 N–H and O–H groups in total. The lowest BCUT2D eigenvalue weighted by molar-refractivity contribution is -0.118. The molecule has 1 aliphatic heterocycles. The minimum absolute atomic E-state index is 0.581. The van der Waals surface area contributed by atoms with Gasteiger partial charge in [-0.3, -0.25) is 4.79 Å². The molecule has 2 rings (SSSR count). The van der Waals surface area contributed by atoms with Gasteiger partial charge in [-0.15, -0.1) is 0 Å². The molecule has 0 aromatic carbocycles. The minimum Gasteiger partial charge on any atom is -0.353 e. The third kappa shape index (κ3) is 2.36. The molecule has 0 spiro atoms. The number of aromatic nitrogens is 1. The number of carbonyl (C=O) groups excluding carboxylic acids is 1. The topological polar surface area (TPSA) is 60.2 Å². The molecular weight excluding hydrogens is 216 g/mol. The molecule has 5 heteroatoms. The highest BCUT2D eigenvalue weighted by Gasteiger charge is 2.18. The van der Waals surface area contributed by atoms with E-state index in [1.807, 2.05) is 13.0 Å². The average Bonchev–Trinajstić information content (AvgIpc) is 2.39. The second-order valence-electron chi connectivity index (χ2n) is 4.10. The highest BCUT2D eigenvalue weighted by molar-refractivity contribution is 5.52. The number of nitrogens with zero attached hydrogens (tertiary/aromatic N) is 4. The molecule has 88 valence electrons.